The maximum absolute atomic E-state index is 9.10. The van der Waals surface area contributed by atoms with E-state index in [9.17, 15) is 0 Å². The van der Waals surface area contributed by atoms with E-state index in [1.807, 2.05) is 11.7 Å². The predicted molar refractivity (Wildman–Crippen MR) is 80.4 cm³/mol. The van der Waals surface area contributed by atoms with Gasteiger partial charge in [-0.15, -0.1) is 0 Å². The minimum absolute atomic E-state index is 0.311. The number of aliphatic hydroxyl groups is 1. The molecule has 3 rings (SSSR count). The van der Waals surface area contributed by atoms with Crippen LogP contribution >= 0.6 is 0 Å². The van der Waals surface area contributed by atoms with Crippen molar-refractivity contribution in [2.75, 3.05) is 19.7 Å². The molecule has 4 nitrogen and oxygen atoms in total. The van der Waals surface area contributed by atoms with Gasteiger partial charge in [0.05, 0.1) is 11.2 Å². The molecule has 2 aromatic rings. The van der Waals surface area contributed by atoms with Crippen LogP contribution in [-0.4, -0.2) is 39.5 Å². The number of benzene rings is 1. The zero-order chi connectivity index (χ0) is 13.9. The lowest BCUT2D eigenvalue weighted by molar-refractivity contribution is 0.141. The topological polar surface area (TPSA) is 41.3 Å². The first kappa shape index (κ1) is 13.6. The molecule has 0 spiro atoms. The van der Waals surface area contributed by atoms with Gasteiger partial charge in [0.25, 0.3) is 0 Å². The number of hydrogen-bond donors (Lipinski definition) is 1. The average molecular weight is 273 g/mol. The van der Waals surface area contributed by atoms with Crippen molar-refractivity contribution < 1.29 is 5.11 Å². The van der Waals surface area contributed by atoms with Crippen LogP contribution in [0.25, 0.3) is 10.9 Å². The van der Waals surface area contributed by atoms with E-state index in [0.717, 1.165) is 26.1 Å². The van der Waals surface area contributed by atoms with E-state index in [1.54, 1.807) is 0 Å². The van der Waals surface area contributed by atoms with Crippen LogP contribution in [0.15, 0.2) is 24.3 Å². The lowest BCUT2D eigenvalue weighted by Crippen LogP contribution is -2.35. The molecule has 1 aliphatic heterocycles. The maximum Gasteiger partial charge on any atom is 0.0843 e. The first-order valence-electron chi connectivity index (χ1n) is 7.51. The second-order valence-electron chi connectivity index (χ2n) is 5.84. The van der Waals surface area contributed by atoms with Crippen molar-refractivity contribution >= 4 is 10.9 Å². The third kappa shape index (κ3) is 2.72. The number of piperidine rings is 1. The molecule has 1 N–H and O–H groups in total. The fourth-order valence-corrected chi connectivity index (χ4v) is 3.33. The van der Waals surface area contributed by atoms with E-state index in [4.69, 9.17) is 5.11 Å². The van der Waals surface area contributed by atoms with E-state index in [-0.39, 0.29) is 0 Å². The number of hydrogen-bond acceptors (Lipinski definition) is 3. The SMILES string of the molecule is Cn1nc(CN2CCCC(CCO)C2)c2ccccc21. The standard InChI is InChI=1S/C16H23N3O/c1-18-16-7-3-2-6-14(16)15(17-18)12-19-9-4-5-13(11-19)8-10-20/h2-3,6-7,13,20H,4-5,8-12H2,1H3. The Labute approximate surface area is 120 Å². The Morgan fingerprint density at radius 2 is 2.20 bits per heavy atom. The van der Waals surface area contributed by atoms with Crippen LogP contribution < -0.4 is 0 Å². The Kier molecular flexibility index (Phi) is 4.03. The molecule has 0 bridgehead atoms. The van der Waals surface area contributed by atoms with Crippen molar-refractivity contribution in [1.82, 2.24) is 14.7 Å². The summed E-state index contributed by atoms with van der Waals surface area (Å²) in [5.74, 6) is 0.642. The Bertz CT molecular complexity index is 576. The first-order chi connectivity index (χ1) is 9.78. The van der Waals surface area contributed by atoms with Crippen molar-refractivity contribution in [2.45, 2.75) is 25.8 Å². The molecule has 1 saturated heterocycles. The molecule has 0 radical (unpaired) electrons. The number of rotatable bonds is 4. The van der Waals surface area contributed by atoms with Crippen molar-refractivity contribution in [3.63, 3.8) is 0 Å². The van der Waals surface area contributed by atoms with Crippen LogP contribution in [0, 0.1) is 5.92 Å². The van der Waals surface area contributed by atoms with E-state index in [1.165, 1.54) is 29.4 Å². The van der Waals surface area contributed by atoms with Crippen LogP contribution in [0.2, 0.25) is 0 Å². The van der Waals surface area contributed by atoms with Gasteiger partial charge in [0, 0.05) is 32.1 Å². The summed E-state index contributed by atoms with van der Waals surface area (Å²) in [6.07, 6.45) is 3.41. The fourth-order valence-electron chi connectivity index (χ4n) is 3.33. The quantitative estimate of drug-likeness (QED) is 0.928. The van der Waals surface area contributed by atoms with Gasteiger partial charge in [-0.05, 0) is 37.8 Å². The highest BCUT2D eigenvalue weighted by molar-refractivity contribution is 5.81. The fraction of sp³-hybridized carbons (Fsp3) is 0.562. The molecular weight excluding hydrogens is 250 g/mol. The molecule has 108 valence electrons. The van der Waals surface area contributed by atoms with Gasteiger partial charge in [-0.1, -0.05) is 18.2 Å². The Balaban J connectivity index is 1.76. The molecule has 1 atom stereocenters. The summed E-state index contributed by atoms with van der Waals surface area (Å²) in [5.41, 5.74) is 2.37. The summed E-state index contributed by atoms with van der Waals surface area (Å²) < 4.78 is 1.97. The summed E-state index contributed by atoms with van der Waals surface area (Å²) in [4.78, 5) is 2.48. The lowest BCUT2D eigenvalue weighted by atomic mass is 9.95. The van der Waals surface area contributed by atoms with Crippen molar-refractivity contribution in [3.8, 4) is 0 Å². The Morgan fingerprint density at radius 3 is 3.05 bits per heavy atom. The molecule has 1 aromatic carbocycles. The van der Waals surface area contributed by atoms with E-state index < -0.39 is 0 Å². The van der Waals surface area contributed by atoms with E-state index in [0.29, 0.717) is 12.5 Å². The predicted octanol–water partition coefficient (Wildman–Crippen LogP) is 2.17. The summed E-state index contributed by atoms with van der Waals surface area (Å²) in [7, 11) is 2.01. The minimum atomic E-state index is 0.311. The van der Waals surface area contributed by atoms with Crippen molar-refractivity contribution in [3.05, 3.63) is 30.0 Å². The van der Waals surface area contributed by atoms with Gasteiger partial charge in [-0.3, -0.25) is 9.58 Å². The third-order valence-corrected chi connectivity index (χ3v) is 4.35. The number of aliphatic hydroxyl groups excluding tert-OH is 1. The zero-order valence-corrected chi connectivity index (χ0v) is 12.1. The van der Waals surface area contributed by atoms with Gasteiger partial charge < -0.3 is 5.11 Å². The van der Waals surface area contributed by atoms with Crippen LogP contribution in [0.4, 0.5) is 0 Å². The molecule has 0 amide bonds. The van der Waals surface area contributed by atoms with E-state index >= 15 is 0 Å². The monoisotopic (exact) mass is 273 g/mol. The largest absolute Gasteiger partial charge is 0.396 e. The zero-order valence-electron chi connectivity index (χ0n) is 12.1. The van der Waals surface area contributed by atoms with Crippen LogP contribution in [0.5, 0.6) is 0 Å². The van der Waals surface area contributed by atoms with Gasteiger partial charge in [0.15, 0.2) is 0 Å². The van der Waals surface area contributed by atoms with Crippen LogP contribution in [0.3, 0.4) is 0 Å². The molecule has 2 heterocycles. The molecule has 0 saturated carbocycles. The lowest BCUT2D eigenvalue weighted by Gasteiger charge is -2.32. The first-order valence-corrected chi connectivity index (χ1v) is 7.51. The van der Waals surface area contributed by atoms with Crippen molar-refractivity contribution in [1.29, 1.82) is 0 Å². The molecule has 1 unspecified atom stereocenters. The average Bonchev–Trinajstić information content (AvgIpc) is 2.77. The third-order valence-electron chi connectivity index (χ3n) is 4.35. The highest BCUT2D eigenvalue weighted by atomic mass is 16.3. The summed E-state index contributed by atoms with van der Waals surface area (Å²) in [6, 6.07) is 8.42. The number of fused-ring (bicyclic) bond motifs is 1. The molecule has 1 fully saturated rings. The smallest absolute Gasteiger partial charge is 0.0843 e. The van der Waals surface area contributed by atoms with Gasteiger partial charge in [-0.2, -0.15) is 5.10 Å². The Morgan fingerprint density at radius 1 is 1.35 bits per heavy atom. The van der Waals surface area contributed by atoms with Gasteiger partial charge in [0.2, 0.25) is 0 Å². The highest BCUT2D eigenvalue weighted by Crippen LogP contribution is 2.23. The van der Waals surface area contributed by atoms with Crippen LogP contribution in [-0.2, 0) is 13.6 Å². The second kappa shape index (κ2) is 5.94. The molecule has 4 heteroatoms. The number of para-hydroxylation sites is 1. The highest BCUT2D eigenvalue weighted by Gasteiger charge is 2.21. The van der Waals surface area contributed by atoms with Crippen LogP contribution in [0.1, 0.15) is 25.0 Å². The summed E-state index contributed by atoms with van der Waals surface area (Å²) in [5, 5.41) is 15.0. The molecule has 20 heavy (non-hydrogen) atoms. The number of likely N-dealkylation sites (tertiary alicyclic amines) is 1. The van der Waals surface area contributed by atoms with Gasteiger partial charge in [-0.25, -0.2) is 0 Å². The summed E-state index contributed by atoms with van der Waals surface area (Å²) >= 11 is 0. The van der Waals surface area contributed by atoms with Gasteiger partial charge >= 0.3 is 0 Å². The molecular formula is C16H23N3O. The maximum atomic E-state index is 9.10. The molecule has 1 aliphatic rings. The number of aryl methyl sites for hydroxylation is 1. The normalized spacial score (nSPS) is 20.6. The molecule has 1 aromatic heterocycles. The second-order valence-corrected chi connectivity index (χ2v) is 5.84. The number of nitrogens with zero attached hydrogens (tertiary/aromatic N) is 3. The molecule has 0 aliphatic carbocycles. The Hall–Kier alpha value is -1.39. The van der Waals surface area contributed by atoms with Crippen molar-refractivity contribution in [2.24, 2.45) is 13.0 Å². The summed E-state index contributed by atoms with van der Waals surface area (Å²) in [6.45, 7) is 3.46. The van der Waals surface area contributed by atoms with E-state index in [2.05, 4.69) is 34.3 Å². The van der Waals surface area contributed by atoms with Gasteiger partial charge in [0.1, 0.15) is 0 Å². The minimum Gasteiger partial charge on any atom is -0.396 e. The number of aromatic nitrogens is 2.